The van der Waals surface area contributed by atoms with Crippen molar-refractivity contribution in [1.82, 2.24) is 0 Å². The molecule has 0 aliphatic carbocycles. The van der Waals surface area contributed by atoms with Gasteiger partial charge < -0.3 is 16.4 Å². The summed E-state index contributed by atoms with van der Waals surface area (Å²) in [7, 11) is 0. The van der Waals surface area contributed by atoms with Gasteiger partial charge >= 0.3 is 0 Å². The summed E-state index contributed by atoms with van der Waals surface area (Å²) in [5, 5.41) is 0. The third-order valence-corrected chi connectivity index (χ3v) is 3.88. The van der Waals surface area contributed by atoms with Crippen molar-refractivity contribution in [2.24, 2.45) is 11.7 Å². The van der Waals surface area contributed by atoms with Gasteiger partial charge in [-0.15, -0.1) is 0 Å². The SMILES string of the molecule is CCC1CCN(c2cccc(C(N)=O)c2N)CC1. The number of nitrogen functional groups attached to an aromatic ring is 1. The lowest BCUT2D eigenvalue weighted by Gasteiger charge is -2.34. The predicted octanol–water partition coefficient (Wildman–Crippen LogP) is 1.99. The van der Waals surface area contributed by atoms with E-state index in [0.717, 1.165) is 24.7 Å². The van der Waals surface area contributed by atoms with Gasteiger partial charge in [0.1, 0.15) is 0 Å². The molecule has 1 fully saturated rings. The number of benzene rings is 1. The maximum atomic E-state index is 11.3. The van der Waals surface area contributed by atoms with Crippen molar-refractivity contribution in [2.45, 2.75) is 26.2 Å². The van der Waals surface area contributed by atoms with Gasteiger partial charge in [-0.05, 0) is 30.9 Å². The second kappa shape index (κ2) is 5.29. The molecule has 18 heavy (non-hydrogen) atoms. The van der Waals surface area contributed by atoms with Crippen molar-refractivity contribution in [3.63, 3.8) is 0 Å². The number of anilines is 2. The van der Waals surface area contributed by atoms with Crippen LogP contribution in [0.3, 0.4) is 0 Å². The van der Waals surface area contributed by atoms with Gasteiger partial charge in [-0.1, -0.05) is 19.4 Å². The van der Waals surface area contributed by atoms with Gasteiger partial charge in [0.05, 0.1) is 16.9 Å². The molecule has 1 aliphatic heterocycles. The first-order valence-corrected chi connectivity index (χ1v) is 6.56. The van der Waals surface area contributed by atoms with E-state index in [1.165, 1.54) is 19.3 Å². The van der Waals surface area contributed by atoms with Crippen molar-refractivity contribution < 1.29 is 4.79 Å². The molecule has 1 aromatic rings. The summed E-state index contributed by atoms with van der Waals surface area (Å²) in [6, 6.07) is 5.49. The van der Waals surface area contributed by atoms with Crippen LogP contribution in [0, 0.1) is 5.92 Å². The largest absolute Gasteiger partial charge is 0.396 e. The Morgan fingerprint density at radius 2 is 2.06 bits per heavy atom. The number of rotatable bonds is 3. The molecule has 0 radical (unpaired) electrons. The van der Waals surface area contributed by atoms with E-state index in [-0.39, 0.29) is 0 Å². The molecule has 4 heteroatoms. The molecular formula is C14H21N3O. The Morgan fingerprint density at radius 1 is 1.39 bits per heavy atom. The van der Waals surface area contributed by atoms with Crippen LogP contribution in [0.25, 0.3) is 0 Å². The standard InChI is InChI=1S/C14H21N3O/c1-2-10-6-8-17(9-7-10)12-5-3-4-11(13(12)15)14(16)18/h3-5,10H,2,6-9,15H2,1H3,(H2,16,18). The Hall–Kier alpha value is -1.71. The van der Waals surface area contributed by atoms with Gasteiger partial charge in [0.25, 0.3) is 5.91 Å². The number of piperidine rings is 1. The number of hydrogen-bond acceptors (Lipinski definition) is 3. The van der Waals surface area contributed by atoms with Gasteiger partial charge in [0.15, 0.2) is 0 Å². The summed E-state index contributed by atoms with van der Waals surface area (Å²) in [6.07, 6.45) is 3.62. The number of nitrogens with zero attached hydrogens (tertiary/aromatic N) is 1. The molecule has 1 amide bonds. The Balaban J connectivity index is 2.19. The van der Waals surface area contributed by atoms with E-state index in [2.05, 4.69) is 11.8 Å². The molecule has 0 spiro atoms. The maximum absolute atomic E-state index is 11.3. The van der Waals surface area contributed by atoms with E-state index >= 15 is 0 Å². The molecule has 1 aliphatic rings. The fourth-order valence-corrected chi connectivity index (χ4v) is 2.63. The van der Waals surface area contributed by atoms with Crippen LogP contribution >= 0.6 is 0 Å². The Labute approximate surface area is 108 Å². The Kier molecular flexibility index (Phi) is 3.75. The molecule has 98 valence electrons. The van der Waals surface area contributed by atoms with Crippen molar-refractivity contribution in [3.8, 4) is 0 Å². The molecule has 4 nitrogen and oxygen atoms in total. The van der Waals surface area contributed by atoms with Crippen LogP contribution in [-0.2, 0) is 0 Å². The highest BCUT2D eigenvalue weighted by molar-refractivity contribution is 6.00. The van der Waals surface area contributed by atoms with Crippen molar-refractivity contribution >= 4 is 17.3 Å². The van der Waals surface area contributed by atoms with Crippen LogP contribution in [0.1, 0.15) is 36.5 Å². The number of hydrogen-bond donors (Lipinski definition) is 2. The average molecular weight is 247 g/mol. The molecule has 0 unspecified atom stereocenters. The van der Waals surface area contributed by atoms with E-state index in [9.17, 15) is 4.79 Å². The van der Waals surface area contributed by atoms with Crippen LogP contribution in [0.4, 0.5) is 11.4 Å². The van der Waals surface area contributed by atoms with Gasteiger partial charge in [0, 0.05) is 13.1 Å². The number of carbonyl (C=O) groups excluding carboxylic acids is 1. The summed E-state index contributed by atoms with van der Waals surface area (Å²) in [5.74, 6) is 0.361. The van der Waals surface area contributed by atoms with Gasteiger partial charge in [-0.25, -0.2) is 0 Å². The highest BCUT2D eigenvalue weighted by Crippen LogP contribution is 2.30. The highest BCUT2D eigenvalue weighted by atomic mass is 16.1. The summed E-state index contributed by atoms with van der Waals surface area (Å²) in [6.45, 7) is 4.25. The Bertz CT molecular complexity index is 437. The molecule has 1 heterocycles. The average Bonchev–Trinajstić information content (AvgIpc) is 2.39. The second-order valence-electron chi connectivity index (χ2n) is 4.94. The topological polar surface area (TPSA) is 72.3 Å². The van der Waals surface area contributed by atoms with Crippen LogP contribution in [-0.4, -0.2) is 19.0 Å². The predicted molar refractivity (Wildman–Crippen MR) is 74.6 cm³/mol. The molecular weight excluding hydrogens is 226 g/mol. The number of carbonyl (C=O) groups is 1. The number of nitrogens with two attached hydrogens (primary N) is 2. The lowest BCUT2D eigenvalue weighted by molar-refractivity contribution is 0.100. The number of primary amides is 1. The minimum Gasteiger partial charge on any atom is -0.396 e. The normalized spacial score (nSPS) is 16.8. The molecule has 1 aromatic carbocycles. The van der Waals surface area contributed by atoms with Gasteiger partial charge in [0.2, 0.25) is 0 Å². The van der Waals surface area contributed by atoms with Gasteiger partial charge in [-0.3, -0.25) is 4.79 Å². The minimum atomic E-state index is -0.460. The third kappa shape index (κ3) is 2.42. The van der Waals surface area contributed by atoms with Crippen LogP contribution in [0.5, 0.6) is 0 Å². The van der Waals surface area contributed by atoms with E-state index in [4.69, 9.17) is 11.5 Å². The highest BCUT2D eigenvalue weighted by Gasteiger charge is 2.20. The third-order valence-electron chi connectivity index (χ3n) is 3.88. The fourth-order valence-electron chi connectivity index (χ4n) is 2.63. The lowest BCUT2D eigenvalue weighted by atomic mass is 9.94. The maximum Gasteiger partial charge on any atom is 0.250 e. The van der Waals surface area contributed by atoms with Crippen molar-refractivity contribution in [1.29, 1.82) is 0 Å². The van der Waals surface area contributed by atoms with Gasteiger partial charge in [-0.2, -0.15) is 0 Å². The molecule has 0 aromatic heterocycles. The van der Waals surface area contributed by atoms with E-state index in [1.54, 1.807) is 6.07 Å². The van der Waals surface area contributed by atoms with Crippen LogP contribution < -0.4 is 16.4 Å². The molecule has 1 saturated heterocycles. The zero-order chi connectivity index (χ0) is 13.1. The summed E-state index contributed by atoms with van der Waals surface area (Å²) in [4.78, 5) is 13.5. The smallest absolute Gasteiger partial charge is 0.250 e. The molecule has 0 atom stereocenters. The first kappa shape index (κ1) is 12.7. The van der Waals surface area contributed by atoms with Crippen LogP contribution in [0.2, 0.25) is 0 Å². The fraction of sp³-hybridized carbons (Fsp3) is 0.500. The summed E-state index contributed by atoms with van der Waals surface area (Å²) >= 11 is 0. The van der Waals surface area contributed by atoms with Crippen molar-refractivity contribution in [3.05, 3.63) is 23.8 Å². The zero-order valence-electron chi connectivity index (χ0n) is 10.9. The molecule has 2 rings (SSSR count). The zero-order valence-corrected chi connectivity index (χ0v) is 10.9. The van der Waals surface area contributed by atoms with E-state index in [1.807, 2.05) is 12.1 Å². The Morgan fingerprint density at radius 3 is 2.61 bits per heavy atom. The van der Waals surface area contributed by atoms with Crippen molar-refractivity contribution in [2.75, 3.05) is 23.7 Å². The first-order chi connectivity index (χ1) is 8.63. The summed E-state index contributed by atoms with van der Waals surface area (Å²) < 4.78 is 0. The lowest BCUT2D eigenvalue weighted by Crippen LogP contribution is -2.34. The molecule has 4 N–H and O–H groups in total. The monoisotopic (exact) mass is 247 g/mol. The second-order valence-corrected chi connectivity index (χ2v) is 4.94. The number of amides is 1. The minimum absolute atomic E-state index is 0.421. The quantitative estimate of drug-likeness (QED) is 0.802. The summed E-state index contributed by atoms with van der Waals surface area (Å²) in [5.41, 5.74) is 13.2. The number of para-hydroxylation sites is 1. The molecule has 0 bridgehead atoms. The first-order valence-electron chi connectivity index (χ1n) is 6.56. The molecule has 0 saturated carbocycles. The van der Waals surface area contributed by atoms with Crippen LogP contribution in [0.15, 0.2) is 18.2 Å². The van der Waals surface area contributed by atoms with E-state index in [0.29, 0.717) is 11.3 Å². The van der Waals surface area contributed by atoms with E-state index < -0.39 is 5.91 Å².